The zero-order valence-electron chi connectivity index (χ0n) is 11.7. The number of alkyl halides is 1. The summed E-state index contributed by atoms with van der Waals surface area (Å²) in [5, 5.41) is 3.56. The summed E-state index contributed by atoms with van der Waals surface area (Å²) in [4.78, 5) is 0. The van der Waals surface area contributed by atoms with Gasteiger partial charge in [0.05, 0.1) is 0 Å². The molecule has 0 saturated carbocycles. The van der Waals surface area contributed by atoms with Crippen LogP contribution in [-0.4, -0.2) is 18.5 Å². The molecule has 2 heteroatoms. The molecular formula is C16H26ClN. The lowest BCUT2D eigenvalue weighted by molar-refractivity contribution is 0.440. The van der Waals surface area contributed by atoms with Crippen LogP contribution in [-0.2, 0) is 6.42 Å². The molecule has 0 heterocycles. The molecule has 1 atom stereocenters. The van der Waals surface area contributed by atoms with Gasteiger partial charge in [-0.2, -0.15) is 0 Å². The van der Waals surface area contributed by atoms with Crippen LogP contribution < -0.4 is 5.32 Å². The van der Waals surface area contributed by atoms with Gasteiger partial charge >= 0.3 is 0 Å². The van der Waals surface area contributed by atoms with Crippen LogP contribution in [0.4, 0.5) is 0 Å². The van der Waals surface area contributed by atoms with Crippen molar-refractivity contribution in [3.05, 3.63) is 35.9 Å². The summed E-state index contributed by atoms with van der Waals surface area (Å²) in [6.45, 7) is 5.57. The fraction of sp³-hybridized carbons (Fsp3) is 0.625. The summed E-state index contributed by atoms with van der Waals surface area (Å²) in [5.41, 5.74) is 1.44. The zero-order chi connectivity index (χ0) is 13.2. The first-order valence-corrected chi connectivity index (χ1v) is 7.59. The first-order valence-electron chi connectivity index (χ1n) is 7.05. The number of halogens is 1. The van der Waals surface area contributed by atoms with Crippen LogP contribution in [0.25, 0.3) is 0 Å². The van der Waals surface area contributed by atoms with Crippen molar-refractivity contribution in [3.8, 4) is 0 Å². The molecule has 0 saturated heterocycles. The Morgan fingerprint density at radius 1 is 1.11 bits per heavy atom. The lowest BCUT2D eigenvalue weighted by Gasteiger charge is -2.17. The maximum atomic E-state index is 5.96. The van der Waals surface area contributed by atoms with Crippen molar-refractivity contribution >= 4 is 11.6 Å². The van der Waals surface area contributed by atoms with E-state index in [-0.39, 0.29) is 0 Å². The third-order valence-corrected chi connectivity index (χ3v) is 3.48. The molecule has 0 aliphatic rings. The molecule has 102 valence electrons. The van der Waals surface area contributed by atoms with Gasteiger partial charge in [0.25, 0.3) is 0 Å². The van der Waals surface area contributed by atoms with Crippen LogP contribution in [0.1, 0.15) is 38.7 Å². The van der Waals surface area contributed by atoms with Crippen LogP contribution >= 0.6 is 11.6 Å². The number of unbranched alkanes of at least 4 members (excludes halogenated alkanes) is 1. The number of aryl methyl sites for hydroxylation is 1. The average molecular weight is 268 g/mol. The Balaban J connectivity index is 2.07. The Bertz CT molecular complexity index is 297. The number of hydrogen-bond acceptors (Lipinski definition) is 1. The number of nitrogens with one attached hydrogen (secondary N) is 1. The molecule has 1 rings (SSSR count). The second-order valence-corrected chi connectivity index (χ2v) is 5.69. The van der Waals surface area contributed by atoms with Crippen molar-refractivity contribution < 1.29 is 0 Å². The molecule has 0 aliphatic carbocycles. The van der Waals surface area contributed by atoms with Gasteiger partial charge in [0, 0.05) is 11.9 Å². The van der Waals surface area contributed by atoms with E-state index in [4.69, 9.17) is 11.6 Å². The maximum Gasteiger partial charge on any atom is 0.0377 e. The monoisotopic (exact) mass is 267 g/mol. The summed E-state index contributed by atoms with van der Waals surface area (Å²) < 4.78 is 0. The molecule has 1 nitrogen and oxygen atoms in total. The van der Waals surface area contributed by atoms with Gasteiger partial charge in [0.1, 0.15) is 0 Å². The summed E-state index contributed by atoms with van der Waals surface area (Å²) in [7, 11) is 0. The second-order valence-electron chi connectivity index (χ2n) is 5.38. The van der Waals surface area contributed by atoms with Crippen molar-refractivity contribution in [2.24, 2.45) is 5.92 Å². The number of hydrogen-bond donors (Lipinski definition) is 1. The fourth-order valence-corrected chi connectivity index (χ4v) is 2.41. The zero-order valence-corrected chi connectivity index (χ0v) is 12.4. The predicted octanol–water partition coefficient (Wildman–Crippen LogP) is 4.25. The Hall–Kier alpha value is -0.530. The van der Waals surface area contributed by atoms with Crippen LogP contribution in [0.5, 0.6) is 0 Å². The molecule has 0 fully saturated rings. The van der Waals surface area contributed by atoms with Crippen LogP contribution in [0.15, 0.2) is 30.3 Å². The SMILES string of the molecule is CC(C)CC(CCl)NCCCCc1ccccc1. The number of rotatable bonds is 9. The minimum Gasteiger partial charge on any atom is -0.313 e. The Kier molecular flexibility index (Phi) is 8.11. The van der Waals surface area contributed by atoms with Gasteiger partial charge in [-0.1, -0.05) is 44.2 Å². The van der Waals surface area contributed by atoms with E-state index in [9.17, 15) is 0 Å². The standard InChI is InChI=1S/C16H26ClN/c1-14(2)12-16(13-17)18-11-7-6-10-15-8-4-3-5-9-15/h3-5,8-9,14,16,18H,6-7,10-13H2,1-2H3. The lowest BCUT2D eigenvalue weighted by Crippen LogP contribution is -2.32. The second kappa shape index (κ2) is 9.41. The Morgan fingerprint density at radius 3 is 2.44 bits per heavy atom. The topological polar surface area (TPSA) is 12.0 Å². The van der Waals surface area contributed by atoms with E-state index < -0.39 is 0 Å². The largest absolute Gasteiger partial charge is 0.313 e. The normalized spacial score (nSPS) is 12.9. The third kappa shape index (κ3) is 7.03. The minimum atomic E-state index is 0.475. The highest BCUT2D eigenvalue weighted by atomic mass is 35.5. The molecule has 1 unspecified atom stereocenters. The first kappa shape index (κ1) is 15.5. The van der Waals surface area contributed by atoms with Gasteiger partial charge in [-0.3, -0.25) is 0 Å². The Labute approximate surface area is 117 Å². The van der Waals surface area contributed by atoms with E-state index in [1.807, 2.05) is 0 Å². The van der Waals surface area contributed by atoms with E-state index in [2.05, 4.69) is 49.5 Å². The smallest absolute Gasteiger partial charge is 0.0377 e. The Morgan fingerprint density at radius 2 is 1.83 bits per heavy atom. The van der Waals surface area contributed by atoms with Crippen molar-refractivity contribution in [2.75, 3.05) is 12.4 Å². The van der Waals surface area contributed by atoms with E-state index >= 15 is 0 Å². The van der Waals surface area contributed by atoms with Crippen molar-refractivity contribution in [2.45, 2.75) is 45.6 Å². The molecule has 1 aromatic carbocycles. The van der Waals surface area contributed by atoms with Crippen LogP contribution in [0, 0.1) is 5.92 Å². The van der Waals surface area contributed by atoms with Crippen LogP contribution in [0.2, 0.25) is 0 Å². The van der Waals surface area contributed by atoms with Gasteiger partial charge in [0.2, 0.25) is 0 Å². The maximum absolute atomic E-state index is 5.96. The number of benzene rings is 1. The molecule has 1 N–H and O–H groups in total. The van der Waals surface area contributed by atoms with E-state index in [0.29, 0.717) is 12.0 Å². The molecule has 18 heavy (non-hydrogen) atoms. The lowest BCUT2D eigenvalue weighted by atomic mass is 10.0. The highest BCUT2D eigenvalue weighted by Gasteiger charge is 2.08. The first-order chi connectivity index (χ1) is 8.72. The highest BCUT2D eigenvalue weighted by Crippen LogP contribution is 2.07. The predicted molar refractivity (Wildman–Crippen MR) is 81.3 cm³/mol. The fourth-order valence-electron chi connectivity index (χ4n) is 2.17. The van der Waals surface area contributed by atoms with E-state index in [1.54, 1.807) is 0 Å². The molecule has 0 spiro atoms. The molecule has 0 radical (unpaired) electrons. The molecule has 0 bridgehead atoms. The van der Waals surface area contributed by atoms with Gasteiger partial charge in [-0.15, -0.1) is 11.6 Å². The minimum absolute atomic E-state index is 0.475. The molecule has 0 aliphatic heterocycles. The summed E-state index contributed by atoms with van der Waals surface area (Å²) >= 11 is 5.96. The summed E-state index contributed by atoms with van der Waals surface area (Å²) in [6.07, 6.45) is 4.81. The van der Waals surface area contributed by atoms with E-state index in [0.717, 1.165) is 12.4 Å². The van der Waals surface area contributed by atoms with Crippen molar-refractivity contribution in [1.82, 2.24) is 5.32 Å². The van der Waals surface area contributed by atoms with Gasteiger partial charge in [0.15, 0.2) is 0 Å². The summed E-state index contributed by atoms with van der Waals surface area (Å²) in [6, 6.07) is 11.2. The van der Waals surface area contributed by atoms with Gasteiger partial charge in [-0.25, -0.2) is 0 Å². The average Bonchev–Trinajstić information content (AvgIpc) is 2.37. The molecule has 1 aromatic rings. The molecular weight excluding hydrogens is 242 g/mol. The van der Waals surface area contributed by atoms with E-state index in [1.165, 1.54) is 31.2 Å². The van der Waals surface area contributed by atoms with Gasteiger partial charge in [-0.05, 0) is 43.7 Å². The molecule has 0 aromatic heterocycles. The summed E-state index contributed by atoms with van der Waals surface area (Å²) in [5.74, 6) is 1.43. The highest BCUT2D eigenvalue weighted by molar-refractivity contribution is 6.18. The van der Waals surface area contributed by atoms with Gasteiger partial charge < -0.3 is 5.32 Å². The van der Waals surface area contributed by atoms with Crippen molar-refractivity contribution in [3.63, 3.8) is 0 Å². The van der Waals surface area contributed by atoms with Crippen LogP contribution in [0.3, 0.4) is 0 Å². The van der Waals surface area contributed by atoms with Crippen molar-refractivity contribution in [1.29, 1.82) is 0 Å². The third-order valence-electron chi connectivity index (χ3n) is 3.11. The quantitative estimate of drug-likeness (QED) is 0.521. The molecule has 0 amide bonds.